The number of sulfonamides is 2. The Labute approximate surface area is 164 Å². The maximum Gasteiger partial charge on any atom is 0.262 e. The fourth-order valence-electron chi connectivity index (χ4n) is 3.00. The van der Waals surface area contributed by atoms with Gasteiger partial charge in [0.2, 0.25) is 10.0 Å². The number of rotatable bonds is 4. The number of aromatic nitrogens is 2. The van der Waals surface area contributed by atoms with Crippen molar-refractivity contribution in [1.82, 2.24) is 18.2 Å². The highest BCUT2D eigenvalue weighted by Crippen LogP contribution is 2.25. The van der Waals surface area contributed by atoms with Gasteiger partial charge >= 0.3 is 0 Å². The van der Waals surface area contributed by atoms with Crippen molar-refractivity contribution in [3.8, 4) is 0 Å². The van der Waals surface area contributed by atoms with Crippen LogP contribution in [0.2, 0.25) is 5.02 Å². The fourth-order valence-corrected chi connectivity index (χ4v) is 6.39. The zero-order valence-electron chi connectivity index (χ0n) is 15.0. The van der Waals surface area contributed by atoms with Crippen molar-refractivity contribution in [2.24, 2.45) is 7.05 Å². The first-order valence-corrected chi connectivity index (χ1v) is 11.6. The average molecular weight is 433 g/mol. The molecule has 11 heteroatoms. The van der Waals surface area contributed by atoms with Gasteiger partial charge in [-0.1, -0.05) is 17.7 Å². The van der Waals surface area contributed by atoms with Crippen molar-refractivity contribution in [3.05, 3.63) is 41.3 Å². The van der Waals surface area contributed by atoms with Crippen molar-refractivity contribution in [3.63, 3.8) is 0 Å². The summed E-state index contributed by atoms with van der Waals surface area (Å²) in [6, 6.07) is 4.73. The summed E-state index contributed by atoms with van der Waals surface area (Å²) in [5.41, 5.74) is 0.599. The molecule has 0 unspecified atom stereocenters. The molecule has 2 aromatic rings. The second-order valence-corrected chi connectivity index (χ2v) is 10.7. The first-order valence-electron chi connectivity index (χ1n) is 8.37. The molecule has 0 N–H and O–H groups in total. The van der Waals surface area contributed by atoms with Crippen LogP contribution < -0.4 is 0 Å². The summed E-state index contributed by atoms with van der Waals surface area (Å²) in [6.45, 7) is 2.32. The molecule has 1 aliphatic rings. The van der Waals surface area contributed by atoms with Crippen LogP contribution in [-0.2, 0) is 27.1 Å². The van der Waals surface area contributed by atoms with E-state index in [1.807, 2.05) is 0 Å². The Kier molecular flexibility index (Phi) is 5.64. The van der Waals surface area contributed by atoms with Crippen LogP contribution in [-0.4, -0.2) is 61.2 Å². The number of imidazole rings is 1. The second kappa shape index (κ2) is 7.51. The van der Waals surface area contributed by atoms with Gasteiger partial charge in [-0.25, -0.2) is 21.8 Å². The minimum absolute atomic E-state index is 0.0352. The Balaban J connectivity index is 1.83. The molecule has 1 fully saturated rings. The Morgan fingerprint density at radius 3 is 2.22 bits per heavy atom. The van der Waals surface area contributed by atoms with Crippen LogP contribution in [0.15, 0.2) is 40.6 Å². The van der Waals surface area contributed by atoms with E-state index >= 15 is 0 Å². The molecule has 0 amide bonds. The highest BCUT2D eigenvalue weighted by atomic mass is 35.5. The molecule has 1 aliphatic heterocycles. The topological polar surface area (TPSA) is 92.6 Å². The third-order valence-corrected chi connectivity index (χ3v) is 8.53. The van der Waals surface area contributed by atoms with E-state index in [0.717, 1.165) is 0 Å². The quantitative estimate of drug-likeness (QED) is 0.729. The molecular formula is C16H21ClN4O4S2. The standard InChI is InChI=1S/C16H21ClN4O4S2/c1-13-4-5-14(17)10-15(13)26(22,23)20-6-3-7-21(9-8-20)27(24,25)16-11-19(2)12-18-16/h4-5,10-12H,3,6-9H2,1-2H3. The normalized spacial score (nSPS) is 17.7. The number of benzene rings is 1. The van der Waals surface area contributed by atoms with Gasteiger partial charge in [0.25, 0.3) is 10.0 Å². The molecule has 148 valence electrons. The van der Waals surface area contributed by atoms with Gasteiger partial charge in [-0.05, 0) is 31.0 Å². The minimum Gasteiger partial charge on any atom is -0.339 e. The van der Waals surface area contributed by atoms with Gasteiger partial charge in [0.05, 0.1) is 11.2 Å². The lowest BCUT2D eigenvalue weighted by molar-refractivity contribution is 0.403. The van der Waals surface area contributed by atoms with E-state index in [0.29, 0.717) is 17.0 Å². The van der Waals surface area contributed by atoms with Crippen LogP contribution >= 0.6 is 11.6 Å². The molecule has 0 bridgehead atoms. The SMILES string of the molecule is Cc1ccc(Cl)cc1S(=O)(=O)N1CCCN(S(=O)(=O)c2cn(C)cn2)CC1. The summed E-state index contributed by atoms with van der Waals surface area (Å²) in [5, 5.41) is 0.306. The first kappa shape index (κ1) is 20.3. The number of hydrogen-bond donors (Lipinski definition) is 0. The van der Waals surface area contributed by atoms with E-state index in [9.17, 15) is 16.8 Å². The van der Waals surface area contributed by atoms with Gasteiger partial charge in [0.15, 0.2) is 5.03 Å². The van der Waals surface area contributed by atoms with Gasteiger partial charge in [0, 0.05) is 44.4 Å². The maximum absolute atomic E-state index is 13.0. The van der Waals surface area contributed by atoms with Crippen molar-refractivity contribution in [1.29, 1.82) is 0 Å². The molecule has 0 aliphatic carbocycles. The molecule has 0 spiro atoms. The average Bonchev–Trinajstić information content (AvgIpc) is 2.89. The lowest BCUT2D eigenvalue weighted by atomic mass is 10.2. The molecule has 2 heterocycles. The van der Waals surface area contributed by atoms with Gasteiger partial charge in [-0.15, -0.1) is 0 Å². The zero-order chi connectivity index (χ0) is 19.8. The molecular weight excluding hydrogens is 412 g/mol. The maximum atomic E-state index is 13.0. The predicted octanol–water partition coefficient (Wildman–Crippen LogP) is 1.47. The van der Waals surface area contributed by atoms with Crippen LogP contribution in [0, 0.1) is 6.92 Å². The van der Waals surface area contributed by atoms with Crippen molar-refractivity contribution >= 4 is 31.6 Å². The lowest BCUT2D eigenvalue weighted by Gasteiger charge is -2.22. The number of nitrogens with zero attached hydrogens (tertiary/aromatic N) is 4. The molecule has 1 aromatic heterocycles. The van der Waals surface area contributed by atoms with E-state index in [4.69, 9.17) is 11.6 Å². The van der Waals surface area contributed by atoms with Gasteiger partial charge < -0.3 is 4.57 Å². The summed E-state index contributed by atoms with van der Waals surface area (Å²) in [5.74, 6) is 0. The largest absolute Gasteiger partial charge is 0.339 e. The van der Waals surface area contributed by atoms with Crippen LogP contribution in [0.3, 0.4) is 0 Å². The van der Waals surface area contributed by atoms with Crippen molar-refractivity contribution in [2.75, 3.05) is 26.2 Å². The van der Waals surface area contributed by atoms with Crippen LogP contribution in [0.5, 0.6) is 0 Å². The summed E-state index contributed by atoms with van der Waals surface area (Å²) < 4.78 is 55.7. The van der Waals surface area contributed by atoms with Crippen molar-refractivity contribution < 1.29 is 16.8 Å². The Bertz CT molecular complexity index is 1050. The highest BCUT2D eigenvalue weighted by molar-refractivity contribution is 7.89. The summed E-state index contributed by atoms with van der Waals surface area (Å²) >= 11 is 5.97. The van der Waals surface area contributed by atoms with Crippen LogP contribution in [0.25, 0.3) is 0 Å². The Morgan fingerprint density at radius 1 is 1.00 bits per heavy atom. The third kappa shape index (κ3) is 4.04. The first-order chi connectivity index (χ1) is 12.6. The predicted molar refractivity (Wildman–Crippen MR) is 102 cm³/mol. The van der Waals surface area contributed by atoms with Gasteiger partial charge in [-0.3, -0.25) is 0 Å². The molecule has 1 aromatic carbocycles. The Hall–Kier alpha value is -1.46. The van der Waals surface area contributed by atoms with E-state index in [1.54, 1.807) is 30.7 Å². The number of halogens is 1. The van der Waals surface area contributed by atoms with Crippen molar-refractivity contribution in [2.45, 2.75) is 23.3 Å². The molecule has 27 heavy (non-hydrogen) atoms. The molecule has 1 saturated heterocycles. The van der Waals surface area contributed by atoms with E-state index in [-0.39, 0.29) is 36.1 Å². The molecule has 0 saturated carbocycles. The molecule has 0 radical (unpaired) electrons. The smallest absolute Gasteiger partial charge is 0.262 e. The third-order valence-electron chi connectivity index (χ3n) is 4.47. The second-order valence-electron chi connectivity index (χ2n) is 6.45. The molecule has 8 nitrogen and oxygen atoms in total. The fraction of sp³-hybridized carbons (Fsp3) is 0.438. The van der Waals surface area contributed by atoms with E-state index in [1.165, 1.54) is 27.2 Å². The lowest BCUT2D eigenvalue weighted by Crippen LogP contribution is -2.37. The number of aryl methyl sites for hydroxylation is 2. The van der Waals surface area contributed by atoms with Gasteiger partial charge in [-0.2, -0.15) is 8.61 Å². The summed E-state index contributed by atoms with van der Waals surface area (Å²) in [7, 11) is -5.82. The monoisotopic (exact) mass is 432 g/mol. The minimum atomic E-state index is -3.76. The molecule has 0 atom stereocenters. The highest BCUT2D eigenvalue weighted by Gasteiger charge is 2.33. The van der Waals surface area contributed by atoms with E-state index < -0.39 is 20.0 Å². The van der Waals surface area contributed by atoms with Gasteiger partial charge in [0.1, 0.15) is 0 Å². The number of hydrogen-bond acceptors (Lipinski definition) is 5. The Morgan fingerprint density at radius 2 is 1.63 bits per heavy atom. The van der Waals surface area contributed by atoms with Crippen LogP contribution in [0.4, 0.5) is 0 Å². The van der Waals surface area contributed by atoms with E-state index in [2.05, 4.69) is 4.98 Å². The molecule has 3 rings (SSSR count). The summed E-state index contributed by atoms with van der Waals surface area (Å²) in [6.07, 6.45) is 3.25. The summed E-state index contributed by atoms with van der Waals surface area (Å²) in [4.78, 5) is 4.07. The van der Waals surface area contributed by atoms with Crippen LogP contribution in [0.1, 0.15) is 12.0 Å². The zero-order valence-corrected chi connectivity index (χ0v) is 17.4.